The molecular weight excluding hydrogens is 272 g/mol. The molecule has 1 fully saturated rings. The first-order valence-electron chi connectivity index (χ1n) is 6.97. The van der Waals surface area contributed by atoms with Gasteiger partial charge in [-0.1, -0.05) is 0 Å². The summed E-state index contributed by atoms with van der Waals surface area (Å²) in [6, 6.07) is 0. The molecule has 0 aliphatic carbocycles. The average molecular weight is 294 g/mol. The molecule has 2 rings (SSSR count). The number of rotatable bonds is 4. The van der Waals surface area contributed by atoms with E-state index in [9.17, 15) is 4.79 Å². The molecule has 0 aromatic carbocycles. The summed E-state index contributed by atoms with van der Waals surface area (Å²) in [6.07, 6.45) is 1.83. The molecule has 0 spiro atoms. The van der Waals surface area contributed by atoms with E-state index in [2.05, 4.69) is 19.9 Å². The van der Waals surface area contributed by atoms with Gasteiger partial charge < -0.3 is 15.4 Å². The largest absolute Gasteiger partial charge is 0.469 e. The molecule has 1 atom stereocenters. The second-order valence-electron chi connectivity index (χ2n) is 5.40. The van der Waals surface area contributed by atoms with Crippen molar-refractivity contribution < 1.29 is 9.53 Å². The molecular formula is C13H22N6O2. The van der Waals surface area contributed by atoms with E-state index in [1.54, 1.807) is 4.90 Å². The number of nitrogen functional groups attached to an aromatic ring is 1. The number of carbonyl (C=O) groups is 1. The van der Waals surface area contributed by atoms with Crippen LogP contribution in [0.15, 0.2) is 0 Å². The third-order valence-electron chi connectivity index (χ3n) is 3.49. The van der Waals surface area contributed by atoms with Crippen LogP contribution in [0.5, 0.6) is 0 Å². The number of nitrogens with zero attached hydrogens (tertiary/aromatic N) is 5. The number of aromatic nitrogens is 3. The van der Waals surface area contributed by atoms with E-state index in [0.717, 1.165) is 19.4 Å². The highest BCUT2D eigenvalue weighted by atomic mass is 16.5. The van der Waals surface area contributed by atoms with Gasteiger partial charge in [-0.2, -0.15) is 15.0 Å². The van der Waals surface area contributed by atoms with Crippen LogP contribution in [0.4, 0.5) is 11.9 Å². The highest BCUT2D eigenvalue weighted by Gasteiger charge is 2.27. The lowest BCUT2D eigenvalue weighted by atomic mass is 9.98. The number of hydrogen-bond acceptors (Lipinski definition) is 8. The number of hydrogen-bond donors (Lipinski definition) is 1. The zero-order valence-corrected chi connectivity index (χ0v) is 12.7. The van der Waals surface area contributed by atoms with Crippen molar-refractivity contribution in [2.45, 2.75) is 19.4 Å². The van der Waals surface area contributed by atoms with Crippen LogP contribution in [0.3, 0.4) is 0 Å². The van der Waals surface area contributed by atoms with E-state index in [1.807, 2.05) is 14.1 Å². The first kappa shape index (κ1) is 15.4. The highest BCUT2D eigenvalue weighted by molar-refractivity contribution is 5.72. The van der Waals surface area contributed by atoms with Gasteiger partial charge in [0.25, 0.3) is 0 Å². The van der Waals surface area contributed by atoms with Gasteiger partial charge >= 0.3 is 5.97 Å². The minimum Gasteiger partial charge on any atom is -0.469 e. The predicted octanol–water partition coefficient (Wildman–Crippen LogP) is -0.0952. The van der Waals surface area contributed by atoms with Crippen molar-refractivity contribution in [2.24, 2.45) is 5.92 Å². The molecule has 21 heavy (non-hydrogen) atoms. The van der Waals surface area contributed by atoms with Crippen molar-refractivity contribution in [3.63, 3.8) is 0 Å². The maximum absolute atomic E-state index is 11.6. The summed E-state index contributed by atoms with van der Waals surface area (Å²) < 4.78 is 4.82. The summed E-state index contributed by atoms with van der Waals surface area (Å²) in [5.74, 6) is 1.15. The van der Waals surface area contributed by atoms with Crippen molar-refractivity contribution in [3.8, 4) is 0 Å². The molecule has 0 saturated carbocycles. The van der Waals surface area contributed by atoms with Gasteiger partial charge in [0.1, 0.15) is 5.82 Å². The second kappa shape index (κ2) is 6.66. The van der Waals surface area contributed by atoms with Crippen LogP contribution in [0.25, 0.3) is 0 Å². The van der Waals surface area contributed by atoms with Crippen LogP contribution in [0, 0.1) is 5.92 Å². The second-order valence-corrected chi connectivity index (χ2v) is 5.40. The summed E-state index contributed by atoms with van der Waals surface area (Å²) in [5, 5.41) is 0. The monoisotopic (exact) mass is 294 g/mol. The quantitative estimate of drug-likeness (QED) is 0.769. The minimum absolute atomic E-state index is 0.0729. The Balaban J connectivity index is 2.05. The molecule has 8 heteroatoms. The van der Waals surface area contributed by atoms with Crippen molar-refractivity contribution in [1.82, 2.24) is 19.9 Å². The molecule has 0 radical (unpaired) electrons. The Hall–Kier alpha value is -1.96. The Morgan fingerprint density at radius 3 is 2.86 bits per heavy atom. The van der Waals surface area contributed by atoms with Gasteiger partial charge in [0.15, 0.2) is 0 Å². The van der Waals surface area contributed by atoms with Crippen LogP contribution in [0.2, 0.25) is 0 Å². The van der Waals surface area contributed by atoms with Gasteiger partial charge in [0.05, 0.1) is 19.6 Å². The lowest BCUT2D eigenvalue weighted by Gasteiger charge is -2.30. The van der Waals surface area contributed by atoms with E-state index in [-0.39, 0.29) is 17.8 Å². The fourth-order valence-electron chi connectivity index (χ4n) is 2.45. The number of ether oxygens (including phenoxy) is 1. The summed E-state index contributed by atoms with van der Waals surface area (Å²) in [5.41, 5.74) is 5.72. The first-order chi connectivity index (χ1) is 9.99. The van der Waals surface area contributed by atoms with E-state index in [1.165, 1.54) is 7.11 Å². The fourth-order valence-corrected chi connectivity index (χ4v) is 2.45. The molecule has 1 aromatic heterocycles. The first-order valence-corrected chi connectivity index (χ1v) is 6.97. The molecule has 2 N–H and O–H groups in total. The molecule has 2 heterocycles. The van der Waals surface area contributed by atoms with Gasteiger partial charge in [-0.15, -0.1) is 0 Å². The normalized spacial score (nSPS) is 19.3. The smallest absolute Gasteiger partial charge is 0.309 e. The fraction of sp³-hybridized carbons (Fsp3) is 0.692. The number of anilines is 2. The van der Waals surface area contributed by atoms with Crippen LogP contribution >= 0.6 is 0 Å². The van der Waals surface area contributed by atoms with E-state index < -0.39 is 0 Å². The Morgan fingerprint density at radius 1 is 1.43 bits per heavy atom. The molecule has 0 bridgehead atoms. The molecule has 1 saturated heterocycles. The standard InChI is InChI=1S/C13H22N6O2/c1-18(2)13-16-10(15-12(14)17-13)8-19-6-4-5-9(7-19)11(20)21-3/h9H,4-8H2,1-3H3,(H2,14,15,16,17)/t9-/m0/s1. The number of nitrogens with two attached hydrogens (primary N) is 1. The Bertz CT molecular complexity index is 507. The van der Waals surface area contributed by atoms with E-state index in [4.69, 9.17) is 10.5 Å². The number of esters is 1. The SMILES string of the molecule is COC(=O)[C@H]1CCCN(Cc2nc(N)nc(N(C)C)n2)C1. The number of likely N-dealkylation sites (tertiary alicyclic amines) is 1. The Morgan fingerprint density at radius 2 is 2.19 bits per heavy atom. The molecule has 1 aliphatic heterocycles. The molecule has 0 unspecified atom stereocenters. The van der Waals surface area contributed by atoms with Crippen molar-refractivity contribution in [2.75, 3.05) is 44.9 Å². The van der Waals surface area contributed by atoms with Crippen molar-refractivity contribution >= 4 is 17.9 Å². The van der Waals surface area contributed by atoms with Crippen LogP contribution in [-0.2, 0) is 16.1 Å². The third kappa shape index (κ3) is 4.01. The molecule has 116 valence electrons. The van der Waals surface area contributed by atoms with Gasteiger partial charge in [-0.05, 0) is 19.4 Å². The van der Waals surface area contributed by atoms with Gasteiger partial charge in [-0.25, -0.2) is 0 Å². The molecule has 1 aliphatic rings. The van der Waals surface area contributed by atoms with E-state index in [0.29, 0.717) is 24.9 Å². The average Bonchev–Trinajstić information content (AvgIpc) is 2.46. The molecule has 0 amide bonds. The highest BCUT2D eigenvalue weighted by Crippen LogP contribution is 2.19. The maximum Gasteiger partial charge on any atom is 0.309 e. The maximum atomic E-state index is 11.6. The lowest BCUT2D eigenvalue weighted by molar-refractivity contribution is -0.147. The Labute approximate surface area is 124 Å². The Kier molecular flexibility index (Phi) is 4.89. The third-order valence-corrected chi connectivity index (χ3v) is 3.49. The van der Waals surface area contributed by atoms with Gasteiger partial charge in [0.2, 0.25) is 11.9 Å². The van der Waals surface area contributed by atoms with E-state index >= 15 is 0 Å². The lowest BCUT2D eigenvalue weighted by Crippen LogP contribution is -2.39. The van der Waals surface area contributed by atoms with Crippen molar-refractivity contribution in [3.05, 3.63) is 5.82 Å². The number of carbonyl (C=O) groups excluding carboxylic acids is 1. The summed E-state index contributed by atoms with van der Waals surface area (Å²) in [4.78, 5) is 28.2. The molecule has 8 nitrogen and oxygen atoms in total. The van der Waals surface area contributed by atoms with Crippen LogP contribution < -0.4 is 10.6 Å². The van der Waals surface area contributed by atoms with Crippen molar-refractivity contribution in [1.29, 1.82) is 0 Å². The topological polar surface area (TPSA) is 97.5 Å². The molecule has 1 aromatic rings. The number of methoxy groups -OCH3 is 1. The minimum atomic E-state index is -0.149. The summed E-state index contributed by atoms with van der Waals surface area (Å²) in [6.45, 7) is 2.13. The summed E-state index contributed by atoms with van der Waals surface area (Å²) in [7, 11) is 5.14. The van der Waals surface area contributed by atoms with Crippen LogP contribution in [-0.4, -0.2) is 60.1 Å². The number of piperidine rings is 1. The zero-order valence-electron chi connectivity index (χ0n) is 12.7. The predicted molar refractivity (Wildman–Crippen MR) is 78.6 cm³/mol. The summed E-state index contributed by atoms with van der Waals surface area (Å²) >= 11 is 0. The van der Waals surface area contributed by atoms with Gasteiger partial charge in [-0.3, -0.25) is 9.69 Å². The zero-order chi connectivity index (χ0) is 15.4. The van der Waals surface area contributed by atoms with Crippen LogP contribution in [0.1, 0.15) is 18.7 Å². The van der Waals surface area contributed by atoms with Gasteiger partial charge in [0, 0.05) is 20.6 Å².